The van der Waals surface area contributed by atoms with Crippen molar-refractivity contribution in [1.29, 1.82) is 0 Å². The van der Waals surface area contributed by atoms with Crippen LogP contribution in [-0.4, -0.2) is 24.4 Å². The van der Waals surface area contributed by atoms with E-state index in [1.165, 1.54) is 4.57 Å². The zero-order chi connectivity index (χ0) is 15.6. The van der Waals surface area contributed by atoms with Crippen LogP contribution in [0.4, 0.5) is 0 Å². The molecule has 0 unspecified atom stereocenters. The molecule has 0 spiro atoms. The Morgan fingerprint density at radius 2 is 2.14 bits per heavy atom. The van der Waals surface area contributed by atoms with E-state index in [0.29, 0.717) is 23.0 Å². The third-order valence-electron chi connectivity index (χ3n) is 3.38. The number of hydrogen-bond donors (Lipinski definition) is 1. The van der Waals surface area contributed by atoms with Gasteiger partial charge in [0.25, 0.3) is 5.56 Å². The lowest BCUT2D eigenvalue weighted by Crippen LogP contribution is -2.29. The highest BCUT2D eigenvalue weighted by Crippen LogP contribution is 2.26. The first-order chi connectivity index (χ1) is 9.99. The summed E-state index contributed by atoms with van der Waals surface area (Å²) >= 11 is 1.62. The van der Waals surface area contributed by atoms with Crippen molar-refractivity contribution in [2.75, 3.05) is 0 Å². The molecule has 0 aromatic carbocycles. The number of aromatic amines is 1. The molecule has 0 aliphatic heterocycles. The number of rotatable bonds is 5. The summed E-state index contributed by atoms with van der Waals surface area (Å²) in [6, 6.07) is 0. The molecule has 2 heterocycles. The Morgan fingerprint density at radius 1 is 1.43 bits per heavy atom. The Balaban J connectivity index is 2.72. The Kier molecular flexibility index (Phi) is 4.72. The molecule has 21 heavy (non-hydrogen) atoms. The first-order valence-corrected chi connectivity index (χ1v) is 7.84. The van der Waals surface area contributed by atoms with Gasteiger partial charge in [-0.3, -0.25) is 14.3 Å². The minimum absolute atomic E-state index is 0.388. The van der Waals surface area contributed by atoms with Crippen LogP contribution in [0.2, 0.25) is 0 Å². The molecular formula is C14H20N4O2S. The van der Waals surface area contributed by atoms with Gasteiger partial charge in [-0.2, -0.15) is 0 Å². The van der Waals surface area contributed by atoms with E-state index in [1.54, 1.807) is 18.8 Å². The zero-order valence-electron chi connectivity index (χ0n) is 12.7. The molecule has 0 amide bonds. The lowest BCUT2D eigenvalue weighted by molar-refractivity contribution is 0.738. The first kappa shape index (κ1) is 15.6. The SMILES string of the molecule is C/C=C/Cn1c(S[C@@H](C)CC)nc2c1c(=O)[nH]c(=O)n2C. The molecule has 114 valence electrons. The Hall–Kier alpha value is -1.76. The van der Waals surface area contributed by atoms with Crippen molar-refractivity contribution in [3.05, 3.63) is 33.0 Å². The largest absolute Gasteiger partial charge is 0.329 e. The van der Waals surface area contributed by atoms with Gasteiger partial charge in [0.15, 0.2) is 16.3 Å². The van der Waals surface area contributed by atoms with Gasteiger partial charge in [-0.25, -0.2) is 9.78 Å². The van der Waals surface area contributed by atoms with Crippen LogP contribution in [0.1, 0.15) is 27.2 Å². The predicted molar refractivity (Wildman–Crippen MR) is 86.0 cm³/mol. The van der Waals surface area contributed by atoms with Crippen molar-refractivity contribution in [2.45, 2.75) is 44.1 Å². The van der Waals surface area contributed by atoms with E-state index < -0.39 is 5.69 Å². The highest BCUT2D eigenvalue weighted by molar-refractivity contribution is 7.99. The monoisotopic (exact) mass is 308 g/mol. The highest BCUT2D eigenvalue weighted by Gasteiger charge is 2.18. The fraction of sp³-hybridized carbons (Fsp3) is 0.500. The quantitative estimate of drug-likeness (QED) is 0.676. The maximum Gasteiger partial charge on any atom is 0.329 e. The van der Waals surface area contributed by atoms with Crippen LogP contribution >= 0.6 is 11.8 Å². The average molecular weight is 308 g/mol. The normalized spacial score (nSPS) is 13.3. The molecule has 2 rings (SSSR count). The van der Waals surface area contributed by atoms with E-state index in [-0.39, 0.29) is 5.56 Å². The summed E-state index contributed by atoms with van der Waals surface area (Å²) in [5.74, 6) is 0. The third-order valence-corrected chi connectivity index (χ3v) is 4.64. The summed E-state index contributed by atoms with van der Waals surface area (Å²) in [5, 5.41) is 1.16. The molecule has 7 heteroatoms. The van der Waals surface area contributed by atoms with E-state index in [4.69, 9.17) is 0 Å². The number of allylic oxidation sites excluding steroid dienone is 2. The van der Waals surface area contributed by atoms with Gasteiger partial charge in [0, 0.05) is 18.8 Å². The maximum absolute atomic E-state index is 12.1. The number of aryl methyl sites for hydroxylation is 1. The van der Waals surface area contributed by atoms with Crippen molar-refractivity contribution in [2.24, 2.45) is 7.05 Å². The van der Waals surface area contributed by atoms with Crippen LogP contribution in [0, 0.1) is 0 Å². The minimum Gasteiger partial charge on any atom is -0.309 e. The topological polar surface area (TPSA) is 72.7 Å². The van der Waals surface area contributed by atoms with Crippen molar-refractivity contribution in [1.82, 2.24) is 19.1 Å². The summed E-state index contributed by atoms with van der Waals surface area (Å²) < 4.78 is 3.24. The van der Waals surface area contributed by atoms with Crippen molar-refractivity contribution < 1.29 is 0 Å². The number of aromatic nitrogens is 4. The van der Waals surface area contributed by atoms with Crippen molar-refractivity contribution >= 4 is 22.9 Å². The van der Waals surface area contributed by atoms with Crippen molar-refractivity contribution in [3.8, 4) is 0 Å². The molecule has 0 bridgehead atoms. The van der Waals surface area contributed by atoms with Gasteiger partial charge in [0.2, 0.25) is 0 Å². The second kappa shape index (κ2) is 6.34. The molecular weight excluding hydrogens is 288 g/mol. The summed E-state index contributed by atoms with van der Waals surface area (Å²) in [4.78, 5) is 30.7. The standard InChI is InChI=1S/C14H20N4O2S/c1-5-7-8-18-10-11(15-14(18)21-9(3)6-2)17(4)13(20)16-12(10)19/h5,7,9H,6,8H2,1-4H3,(H,16,19,20)/b7-5+/t9-/m0/s1. The van der Waals surface area contributed by atoms with E-state index in [9.17, 15) is 9.59 Å². The summed E-state index contributed by atoms with van der Waals surface area (Å²) in [6.45, 7) is 6.72. The number of imidazole rings is 1. The second-order valence-corrected chi connectivity index (χ2v) is 6.31. The van der Waals surface area contributed by atoms with Crippen molar-refractivity contribution in [3.63, 3.8) is 0 Å². The Labute approximate surface area is 126 Å². The summed E-state index contributed by atoms with van der Waals surface area (Å²) in [5.41, 5.74) is 0.0458. The van der Waals surface area contributed by atoms with Crippen LogP contribution in [0.3, 0.4) is 0 Å². The van der Waals surface area contributed by atoms with Crippen LogP contribution in [0.25, 0.3) is 11.2 Å². The van der Waals surface area contributed by atoms with Crippen LogP contribution < -0.4 is 11.2 Å². The van der Waals surface area contributed by atoms with Gasteiger partial charge in [0.05, 0.1) is 0 Å². The fourth-order valence-corrected chi connectivity index (χ4v) is 2.91. The number of fused-ring (bicyclic) bond motifs is 1. The molecule has 1 N–H and O–H groups in total. The Bertz CT molecular complexity index is 785. The maximum atomic E-state index is 12.1. The number of thioether (sulfide) groups is 1. The smallest absolute Gasteiger partial charge is 0.309 e. The van der Waals surface area contributed by atoms with Crippen LogP contribution in [0.15, 0.2) is 26.9 Å². The van der Waals surface area contributed by atoms with Gasteiger partial charge in [0.1, 0.15) is 0 Å². The lowest BCUT2D eigenvalue weighted by atomic mass is 10.4. The number of nitrogens with one attached hydrogen (secondary N) is 1. The summed E-state index contributed by atoms with van der Waals surface area (Å²) in [6.07, 6.45) is 4.90. The van der Waals surface area contributed by atoms with Gasteiger partial charge in [-0.1, -0.05) is 37.8 Å². The van der Waals surface area contributed by atoms with E-state index in [1.807, 2.05) is 23.6 Å². The van der Waals surface area contributed by atoms with Gasteiger partial charge in [-0.15, -0.1) is 0 Å². The molecule has 2 aromatic heterocycles. The van der Waals surface area contributed by atoms with Gasteiger partial charge < -0.3 is 4.57 Å². The minimum atomic E-state index is -0.441. The lowest BCUT2D eigenvalue weighted by Gasteiger charge is -2.09. The third kappa shape index (κ3) is 2.97. The molecule has 0 saturated heterocycles. The van der Waals surface area contributed by atoms with E-state index in [0.717, 1.165) is 11.6 Å². The van der Waals surface area contributed by atoms with E-state index >= 15 is 0 Å². The number of H-pyrrole nitrogens is 1. The molecule has 0 saturated carbocycles. The second-order valence-electron chi connectivity index (χ2n) is 4.90. The number of nitrogens with zero attached hydrogens (tertiary/aromatic N) is 3. The zero-order valence-corrected chi connectivity index (χ0v) is 13.5. The van der Waals surface area contributed by atoms with E-state index in [2.05, 4.69) is 23.8 Å². The summed E-state index contributed by atoms with van der Waals surface area (Å²) in [7, 11) is 1.62. The van der Waals surface area contributed by atoms with Gasteiger partial charge in [-0.05, 0) is 13.3 Å². The Morgan fingerprint density at radius 3 is 2.76 bits per heavy atom. The average Bonchev–Trinajstić information content (AvgIpc) is 2.81. The molecule has 1 atom stereocenters. The molecule has 0 radical (unpaired) electrons. The highest BCUT2D eigenvalue weighted by atomic mass is 32.2. The molecule has 0 aliphatic carbocycles. The van der Waals surface area contributed by atoms with Crippen LogP contribution in [-0.2, 0) is 13.6 Å². The fourth-order valence-electron chi connectivity index (χ4n) is 1.95. The van der Waals surface area contributed by atoms with Crippen LogP contribution in [0.5, 0.6) is 0 Å². The molecule has 0 fully saturated rings. The van der Waals surface area contributed by atoms with Gasteiger partial charge >= 0.3 is 5.69 Å². The molecule has 6 nitrogen and oxygen atoms in total. The number of hydrogen-bond acceptors (Lipinski definition) is 4. The predicted octanol–water partition coefficient (Wildman–Crippen LogP) is 1.89. The molecule has 0 aliphatic rings. The molecule has 2 aromatic rings. The first-order valence-electron chi connectivity index (χ1n) is 6.96.